The SMILES string of the molecule is COCCOC(=O)/C(Cl)=C/c1cc(-n2ncc(C(F)(F)F)c(C)c2=O)ccc1Cl. The highest BCUT2D eigenvalue weighted by Gasteiger charge is 2.34. The van der Waals surface area contributed by atoms with Crippen molar-refractivity contribution in [1.82, 2.24) is 9.78 Å². The fraction of sp³-hybridized carbons (Fsp3) is 0.278. The van der Waals surface area contributed by atoms with Gasteiger partial charge in [0.2, 0.25) is 0 Å². The van der Waals surface area contributed by atoms with Crippen LogP contribution in [-0.4, -0.2) is 36.1 Å². The molecule has 11 heteroatoms. The smallest absolute Gasteiger partial charge is 0.418 e. The number of ether oxygens (including phenoxy) is 2. The van der Waals surface area contributed by atoms with Crippen molar-refractivity contribution in [2.24, 2.45) is 0 Å². The van der Waals surface area contributed by atoms with E-state index in [1.165, 1.54) is 31.4 Å². The zero-order chi connectivity index (χ0) is 21.8. The van der Waals surface area contributed by atoms with Gasteiger partial charge in [-0.1, -0.05) is 23.2 Å². The van der Waals surface area contributed by atoms with Crippen LogP contribution in [0.4, 0.5) is 13.2 Å². The van der Waals surface area contributed by atoms with Crippen molar-refractivity contribution in [1.29, 1.82) is 0 Å². The Morgan fingerprint density at radius 3 is 2.62 bits per heavy atom. The Labute approximate surface area is 173 Å². The molecule has 0 unspecified atom stereocenters. The van der Waals surface area contributed by atoms with Gasteiger partial charge in [-0.25, -0.2) is 4.79 Å². The number of carbonyl (C=O) groups excluding carboxylic acids is 1. The Morgan fingerprint density at radius 1 is 1.31 bits per heavy atom. The number of nitrogens with zero attached hydrogens (tertiary/aromatic N) is 2. The number of hydrogen-bond acceptors (Lipinski definition) is 5. The maximum absolute atomic E-state index is 12.9. The topological polar surface area (TPSA) is 70.4 Å². The summed E-state index contributed by atoms with van der Waals surface area (Å²) in [6, 6.07) is 4.14. The molecule has 156 valence electrons. The highest BCUT2D eigenvalue weighted by molar-refractivity contribution is 6.43. The van der Waals surface area contributed by atoms with E-state index in [4.69, 9.17) is 32.7 Å². The second kappa shape index (κ2) is 9.43. The van der Waals surface area contributed by atoms with Crippen molar-refractivity contribution in [3.05, 3.63) is 61.5 Å². The number of benzene rings is 1. The molecule has 2 rings (SSSR count). The quantitative estimate of drug-likeness (QED) is 0.378. The Morgan fingerprint density at radius 2 is 2.00 bits per heavy atom. The van der Waals surface area contributed by atoms with Gasteiger partial charge in [0.1, 0.15) is 11.6 Å². The lowest BCUT2D eigenvalue weighted by Crippen LogP contribution is -2.27. The van der Waals surface area contributed by atoms with E-state index >= 15 is 0 Å². The largest absolute Gasteiger partial charge is 0.459 e. The summed E-state index contributed by atoms with van der Waals surface area (Å²) in [6.07, 6.45) is -2.91. The first-order valence-electron chi connectivity index (χ1n) is 8.05. The third-order valence-electron chi connectivity index (χ3n) is 3.75. The van der Waals surface area contributed by atoms with Gasteiger partial charge in [0.15, 0.2) is 0 Å². The van der Waals surface area contributed by atoms with E-state index in [0.29, 0.717) is 6.20 Å². The molecule has 6 nitrogen and oxygen atoms in total. The van der Waals surface area contributed by atoms with Gasteiger partial charge in [-0.3, -0.25) is 4.79 Å². The summed E-state index contributed by atoms with van der Waals surface area (Å²) in [5.41, 5.74) is -2.18. The lowest BCUT2D eigenvalue weighted by molar-refractivity contribution is -0.139. The fourth-order valence-corrected chi connectivity index (χ4v) is 2.61. The van der Waals surface area contributed by atoms with Crippen LogP contribution in [0.3, 0.4) is 0 Å². The van der Waals surface area contributed by atoms with Crippen LogP contribution in [-0.2, 0) is 20.4 Å². The van der Waals surface area contributed by atoms with Crippen LogP contribution in [0.1, 0.15) is 16.7 Å². The van der Waals surface area contributed by atoms with Crippen LogP contribution >= 0.6 is 23.2 Å². The maximum Gasteiger partial charge on any atom is 0.418 e. The summed E-state index contributed by atoms with van der Waals surface area (Å²) >= 11 is 12.0. The molecule has 0 aliphatic rings. The zero-order valence-electron chi connectivity index (χ0n) is 15.2. The molecule has 0 saturated carbocycles. The van der Waals surface area contributed by atoms with Crippen molar-refractivity contribution in [3.8, 4) is 5.69 Å². The minimum atomic E-state index is -4.69. The summed E-state index contributed by atoms with van der Waals surface area (Å²) in [5.74, 6) is -0.814. The van der Waals surface area contributed by atoms with Crippen LogP contribution in [0.2, 0.25) is 5.02 Å². The molecule has 0 N–H and O–H groups in total. The number of carbonyl (C=O) groups is 1. The van der Waals surface area contributed by atoms with Gasteiger partial charge >= 0.3 is 12.1 Å². The van der Waals surface area contributed by atoms with Crippen LogP contribution in [0, 0.1) is 6.92 Å². The van der Waals surface area contributed by atoms with Crippen LogP contribution in [0.15, 0.2) is 34.2 Å². The molecule has 0 aliphatic carbocycles. The van der Waals surface area contributed by atoms with Crippen LogP contribution in [0.25, 0.3) is 11.8 Å². The normalized spacial score (nSPS) is 12.2. The van der Waals surface area contributed by atoms with Gasteiger partial charge in [-0.15, -0.1) is 0 Å². The first-order chi connectivity index (χ1) is 13.6. The van der Waals surface area contributed by atoms with Crippen molar-refractivity contribution in [3.63, 3.8) is 0 Å². The number of halogens is 5. The van der Waals surface area contributed by atoms with E-state index in [9.17, 15) is 22.8 Å². The molecule has 0 fully saturated rings. The van der Waals surface area contributed by atoms with Gasteiger partial charge in [0, 0.05) is 17.7 Å². The third-order valence-corrected chi connectivity index (χ3v) is 4.35. The summed E-state index contributed by atoms with van der Waals surface area (Å²) in [6.45, 7) is 1.25. The predicted molar refractivity (Wildman–Crippen MR) is 101 cm³/mol. The van der Waals surface area contributed by atoms with E-state index in [2.05, 4.69) is 5.10 Å². The Balaban J connectivity index is 2.41. The summed E-state index contributed by atoms with van der Waals surface area (Å²) in [5, 5.41) is 3.49. The number of alkyl halides is 3. The molecule has 0 saturated heterocycles. The van der Waals surface area contributed by atoms with Crippen molar-refractivity contribution in [2.45, 2.75) is 13.1 Å². The molecule has 0 atom stereocenters. The Kier molecular flexibility index (Phi) is 7.45. The van der Waals surface area contributed by atoms with Gasteiger partial charge in [-0.2, -0.15) is 23.0 Å². The first kappa shape index (κ1) is 22.9. The average Bonchev–Trinajstić information content (AvgIpc) is 2.64. The lowest BCUT2D eigenvalue weighted by atomic mass is 10.1. The maximum atomic E-state index is 12.9. The second-order valence-corrected chi connectivity index (χ2v) is 6.54. The van der Waals surface area contributed by atoms with Crippen LogP contribution in [0.5, 0.6) is 0 Å². The van der Waals surface area contributed by atoms with Crippen LogP contribution < -0.4 is 5.56 Å². The zero-order valence-corrected chi connectivity index (χ0v) is 16.7. The van der Waals surface area contributed by atoms with Gasteiger partial charge < -0.3 is 9.47 Å². The molecule has 0 amide bonds. The lowest BCUT2D eigenvalue weighted by Gasteiger charge is -2.12. The van der Waals surface area contributed by atoms with E-state index in [-0.39, 0.29) is 34.5 Å². The monoisotopic (exact) mass is 450 g/mol. The third kappa shape index (κ3) is 5.59. The first-order valence-corrected chi connectivity index (χ1v) is 8.81. The molecule has 0 radical (unpaired) electrons. The number of hydrogen-bond donors (Lipinski definition) is 0. The van der Waals surface area contributed by atoms with Gasteiger partial charge in [0.05, 0.1) is 24.1 Å². The Bertz CT molecular complexity index is 1000. The highest BCUT2D eigenvalue weighted by Crippen LogP contribution is 2.30. The molecule has 2 aromatic rings. The molecular weight excluding hydrogens is 436 g/mol. The van der Waals surface area contributed by atoms with Crippen molar-refractivity contribution < 1.29 is 27.4 Å². The summed E-state index contributed by atoms with van der Waals surface area (Å²) in [4.78, 5) is 24.2. The highest BCUT2D eigenvalue weighted by atomic mass is 35.5. The average molecular weight is 451 g/mol. The summed E-state index contributed by atoms with van der Waals surface area (Å²) in [7, 11) is 1.44. The van der Waals surface area contributed by atoms with E-state index in [0.717, 1.165) is 11.6 Å². The fourth-order valence-electron chi connectivity index (χ4n) is 2.26. The molecule has 1 aromatic carbocycles. The van der Waals surface area contributed by atoms with Gasteiger partial charge in [-0.05, 0) is 36.8 Å². The number of methoxy groups -OCH3 is 1. The van der Waals surface area contributed by atoms with Gasteiger partial charge in [0.25, 0.3) is 5.56 Å². The van der Waals surface area contributed by atoms with Crippen molar-refractivity contribution >= 4 is 35.2 Å². The molecular formula is C18H15Cl2F3N2O4. The molecule has 1 aromatic heterocycles. The van der Waals surface area contributed by atoms with E-state index in [1.54, 1.807) is 0 Å². The Hall–Kier alpha value is -2.36. The number of esters is 1. The molecule has 0 spiro atoms. The molecule has 0 aliphatic heterocycles. The number of aromatic nitrogens is 2. The predicted octanol–water partition coefficient (Wildman–Crippen LogP) is 3.98. The molecule has 29 heavy (non-hydrogen) atoms. The summed E-state index contributed by atoms with van der Waals surface area (Å²) < 4.78 is 49.2. The number of rotatable bonds is 6. The van der Waals surface area contributed by atoms with E-state index < -0.39 is 28.8 Å². The van der Waals surface area contributed by atoms with E-state index in [1.807, 2.05) is 0 Å². The standard InChI is InChI=1S/C18H15Cl2F3N2O4/c1-10-13(18(21,22)23)9-24-25(16(10)26)12-3-4-14(19)11(7-12)8-15(20)17(27)29-6-5-28-2/h3-4,7-9H,5-6H2,1-2H3/b15-8-. The minimum absolute atomic E-state index is 0.00267. The molecule has 0 bridgehead atoms. The second-order valence-electron chi connectivity index (χ2n) is 5.72. The minimum Gasteiger partial charge on any atom is -0.459 e. The molecule has 1 heterocycles. The van der Waals surface area contributed by atoms with Crippen molar-refractivity contribution in [2.75, 3.05) is 20.3 Å².